The van der Waals surface area contributed by atoms with E-state index in [4.69, 9.17) is 21.1 Å². The number of carbonyl (C=O) groups is 2. The maximum atomic E-state index is 14.7. The van der Waals surface area contributed by atoms with Crippen molar-refractivity contribution in [3.8, 4) is 11.5 Å². The minimum atomic E-state index is -4.33. The van der Waals surface area contributed by atoms with Gasteiger partial charge in [0.25, 0.3) is 10.0 Å². The average molecular weight is 692 g/mol. The van der Waals surface area contributed by atoms with Gasteiger partial charge < -0.3 is 19.7 Å². The van der Waals surface area contributed by atoms with E-state index < -0.39 is 28.5 Å². The van der Waals surface area contributed by atoms with Gasteiger partial charge in [-0.25, -0.2) is 8.42 Å². The summed E-state index contributed by atoms with van der Waals surface area (Å²) in [5.41, 5.74) is 2.51. The van der Waals surface area contributed by atoms with Gasteiger partial charge in [0.15, 0.2) is 0 Å². The zero-order valence-electron chi connectivity index (χ0n) is 27.7. The monoisotopic (exact) mass is 691 g/mol. The van der Waals surface area contributed by atoms with Crippen LogP contribution in [0.5, 0.6) is 11.5 Å². The smallest absolute Gasteiger partial charge is 0.264 e. The zero-order valence-corrected chi connectivity index (χ0v) is 29.3. The van der Waals surface area contributed by atoms with Gasteiger partial charge in [-0.2, -0.15) is 0 Å². The maximum absolute atomic E-state index is 14.7. The number of benzene rings is 4. The molecule has 0 aliphatic carbocycles. The topological polar surface area (TPSA) is 105 Å². The molecule has 1 unspecified atom stereocenters. The summed E-state index contributed by atoms with van der Waals surface area (Å²) in [6.45, 7) is 3.70. The van der Waals surface area contributed by atoms with Crippen molar-refractivity contribution in [2.24, 2.45) is 0 Å². The highest BCUT2D eigenvalue weighted by Gasteiger charge is 2.35. The van der Waals surface area contributed by atoms with Crippen LogP contribution in [0.15, 0.2) is 102 Å². The molecular weight excluding hydrogens is 650 g/mol. The number of anilines is 1. The zero-order chi connectivity index (χ0) is 34.7. The highest BCUT2D eigenvalue weighted by molar-refractivity contribution is 7.92. The van der Waals surface area contributed by atoms with Crippen LogP contribution in [0, 0.1) is 6.92 Å². The third-order valence-electron chi connectivity index (χ3n) is 7.89. The number of carbonyl (C=O) groups excluding carboxylic acids is 2. The molecule has 4 aromatic carbocycles. The fourth-order valence-corrected chi connectivity index (χ4v) is 6.82. The number of methoxy groups -OCH3 is 2. The van der Waals surface area contributed by atoms with E-state index >= 15 is 0 Å². The largest absolute Gasteiger partial charge is 0.497 e. The van der Waals surface area contributed by atoms with Gasteiger partial charge in [0, 0.05) is 24.5 Å². The lowest BCUT2D eigenvalue weighted by Gasteiger charge is -2.34. The van der Waals surface area contributed by atoms with Crippen molar-refractivity contribution < 1.29 is 27.5 Å². The number of halogens is 1. The van der Waals surface area contributed by atoms with Crippen molar-refractivity contribution in [1.29, 1.82) is 0 Å². The number of nitrogens with one attached hydrogen (secondary N) is 1. The van der Waals surface area contributed by atoms with Crippen molar-refractivity contribution in [3.05, 3.63) is 119 Å². The fourth-order valence-electron chi connectivity index (χ4n) is 5.24. The number of ether oxygens (including phenoxy) is 2. The summed E-state index contributed by atoms with van der Waals surface area (Å²) in [6.07, 6.45) is 1.86. The second kappa shape index (κ2) is 17.0. The van der Waals surface area contributed by atoms with Gasteiger partial charge in [-0.05, 0) is 66.9 Å². The lowest BCUT2D eigenvalue weighted by molar-refractivity contribution is -0.140. The summed E-state index contributed by atoms with van der Waals surface area (Å²) in [5, 5.41) is 3.25. The summed E-state index contributed by atoms with van der Waals surface area (Å²) in [7, 11) is -1.37. The number of rotatable bonds is 16. The molecule has 0 bridgehead atoms. The molecule has 0 aliphatic heterocycles. The molecule has 0 spiro atoms. The SMILES string of the molecule is CCCCNC(=O)C(Cc1ccccc1)N(Cc1cccc(OC)c1)C(=O)CN(c1cc(Cl)ccc1OC)S(=O)(=O)c1ccc(C)cc1. The second-order valence-electron chi connectivity index (χ2n) is 11.4. The number of amides is 2. The van der Waals surface area contributed by atoms with Crippen molar-refractivity contribution in [2.45, 2.75) is 50.6 Å². The average Bonchev–Trinajstić information content (AvgIpc) is 3.09. The number of hydrogen-bond acceptors (Lipinski definition) is 6. The normalized spacial score (nSPS) is 11.8. The minimum absolute atomic E-state index is 0.0135. The van der Waals surface area contributed by atoms with E-state index in [1.807, 2.05) is 50.2 Å². The van der Waals surface area contributed by atoms with Crippen LogP contribution in [0.4, 0.5) is 5.69 Å². The van der Waals surface area contributed by atoms with E-state index in [0.717, 1.165) is 28.3 Å². The molecule has 11 heteroatoms. The number of hydrogen-bond donors (Lipinski definition) is 1. The molecule has 0 fully saturated rings. The maximum Gasteiger partial charge on any atom is 0.264 e. The third-order valence-corrected chi connectivity index (χ3v) is 9.89. The summed E-state index contributed by atoms with van der Waals surface area (Å²) >= 11 is 6.38. The van der Waals surface area contributed by atoms with Crippen LogP contribution in [0.25, 0.3) is 0 Å². The molecule has 0 heterocycles. The van der Waals surface area contributed by atoms with E-state index in [1.165, 1.54) is 30.2 Å². The Morgan fingerprint density at radius 3 is 2.25 bits per heavy atom. The Hall–Kier alpha value is -4.54. The molecule has 9 nitrogen and oxygen atoms in total. The molecular formula is C37H42ClN3O6S. The van der Waals surface area contributed by atoms with Crippen LogP contribution < -0.4 is 19.1 Å². The van der Waals surface area contributed by atoms with Gasteiger partial charge in [0.2, 0.25) is 11.8 Å². The van der Waals surface area contributed by atoms with Crippen LogP contribution in [0.1, 0.15) is 36.5 Å². The molecule has 1 N–H and O–H groups in total. The van der Waals surface area contributed by atoms with Crippen LogP contribution in [0.3, 0.4) is 0 Å². The summed E-state index contributed by atoms with van der Waals surface area (Å²) in [6, 6.07) is 26.6. The minimum Gasteiger partial charge on any atom is -0.497 e. The number of aryl methyl sites for hydroxylation is 1. The van der Waals surface area contributed by atoms with Crippen LogP contribution in [-0.2, 0) is 32.6 Å². The van der Waals surface area contributed by atoms with E-state index in [1.54, 1.807) is 49.6 Å². The lowest BCUT2D eigenvalue weighted by Crippen LogP contribution is -2.53. The molecule has 4 rings (SSSR count). The van der Waals surface area contributed by atoms with Gasteiger partial charge in [0.1, 0.15) is 24.1 Å². The molecule has 4 aromatic rings. The van der Waals surface area contributed by atoms with Crippen LogP contribution in [0.2, 0.25) is 5.02 Å². The highest BCUT2D eigenvalue weighted by atomic mass is 35.5. The predicted molar refractivity (Wildman–Crippen MR) is 189 cm³/mol. The van der Waals surface area contributed by atoms with Crippen molar-refractivity contribution in [3.63, 3.8) is 0 Å². The van der Waals surface area contributed by atoms with E-state index in [9.17, 15) is 18.0 Å². The first-order chi connectivity index (χ1) is 23.1. The molecule has 0 radical (unpaired) electrons. The fraction of sp³-hybridized carbons (Fsp3) is 0.297. The van der Waals surface area contributed by atoms with E-state index in [-0.39, 0.29) is 40.2 Å². The predicted octanol–water partition coefficient (Wildman–Crippen LogP) is 6.42. The first-order valence-corrected chi connectivity index (χ1v) is 17.6. The Bertz CT molecular complexity index is 1780. The Morgan fingerprint density at radius 1 is 0.875 bits per heavy atom. The first-order valence-electron chi connectivity index (χ1n) is 15.7. The standard InChI is InChI=1S/C37H42ClN3O6S/c1-5-6-21-39-37(43)34(23-28-11-8-7-9-12-28)40(25-29-13-10-14-31(22-29)46-3)36(42)26-41(33-24-30(38)17-20-35(33)47-4)48(44,45)32-18-15-27(2)16-19-32/h7-20,22,24,34H,5-6,21,23,25-26H2,1-4H3,(H,39,43). The Balaban J connectivity index is 1.85. The van der Waals surface area contributed by atoms with Crippen molar-refractivity contribution in [1.82, 2.24) is 10.2 Å². The Morgan fingerprint density at radius 2 is 1.58 bits per heavy atom. The molecule has 0 saturated carbocycles. The van der Waals surface area contributed by atoms with Crippen molar-refractivity contribution >= 4 is 39.1 Å². The van der Waals surface area contributed by atoms with Gasteiger partial charge in [-0.1, -0.05) is 85.1 Å². The van der Waals surface area contributed by atoms with E-state index in [0.29, 0.717) is 17.9 Å². The van der Waals surface area contributed by atoms with Gasteiger partial charge in [-0.3, -0.25) is 13.9 Å². The number of sulfonamides is 1. The Kier molecular flexibility index (Phi) is 12.9. The first kappa shape index (κ1) is 36.3. The molecule has 1 atom stereocenters. The summed E-state index contributed by atoms with van der Waals surface area (Å²) in [5.74, 6) is -0.140. The van der Waals surface area contributed by atoms with Crippen molar-refractivity contribution in [2.75, 3.05) is 31.6 Å². The quantitative estimate of drug-likeness (QED) is 0.136. The highest BCUT2D eigenvalue weighted by Crippen LogP contribution is 2.35. The number of nitrogens with zero attached hydrogens (tertiary/aromatic N) is 2. The lowest BCUT2D eigenvalue weighted by atomic mass is 10.0. The second-order valence-corrected chi connectivity index (χ2v) is 13.7. The third kappa shape index (κ3) is 9.29. The molecule has 48 heavy (non-hydrogen) atoms. The van der Waals surface area contributed by atoms with Gasteiger partial charge >= 0.3 is 0 Å². The molecule has 0 saturated heterocycles. The number of unbranched alkanes of at least 4 members (excludes halogenated alkanes) is 1. The Labute approximate surface area is 288 Å². The molecule has 254 valence electrons. The van der Waals surface area contributed by atoms with E-state index in [2.05, 4.69) is 5.32 Å². The van der Waals surface area contributed by atoms with Crippen LogP contribution in [-0.4, -0.2) is 58.5 Å². The molecule has 2 amide bonds. The summed E-state index contributed by atoms with van der Waals surface area (Å²) in [4.78, 5) is 30.1. The van der Waals surface area contributed by atoms with Gasteiger partial charge in [-0.15, -0.1) is 0 Å². The van der Waals surface area contributed by atoms with Crippen LogP contribution >= 0.6 is 11.6 Å². The summed E-state index contributed by atoms with van der Waals surface area (Å²) < 4.78 is 40.7. The molecule has 0 aromatic heterocycles. The van der Waals surface area contributed by atoms with Gasteiger partial charge in [0.05, 0.1) is 24.8 Å². The molecule has 0 aliphatic rings.